The zero-order valence-corrected chi connectivity index (χ0v) is 12.0. The Bertz CT molecular complexity index is 396. The molecule has 0 aliphatic carbocycles. The van der Waals surface area contributed by atoms with Gasteiger partial charge in [-0.2, -0.15) is 0 Å². The molecule has 0 spiro atoms. The van der Waals surface area contributed by atoms with Crippen LogP contribution in [0.25, 0.3) is 0 Å². The maximum Gasteiger partial charge on any atom is 0.228 e. The summed E-state index contributed by atoms with van der Waals surface area (Å²) in [6.07, 6.45) is 0. The van der Waals surface area contributed by atoms with E-state index in [0.717, 1.165) is 3.57 Å². The van der Waals surface area contributed by atoms with Gasteiger partial charge in [-0.05, 0) is 47.7 Å². The second kappa shape index (κ2) is 5.84. The zero-order chi connectivity index (χ0) is 12.3. The molecule has 1 aromatic carbocycles. The van der Waals surface area contributed by atoms with E-state index in [2.05, 4.69) is 27.9 Å². The average molecular weight is 353 g/mol. The van der Waals surface area contributed by atoms with Gasteiger partial charge in [-0.3, -0.25) is 4.79 Å². The topological polar surface area (TPSA) is 55.1 Å². The Morgan fingerprint density at radius 3 is 2.62 bits per heavy atom. The van der Waals surface area contributed by atoms with Crippen molar-refractivity contribution in [3.63, 3.8) is 0 Å². The van der Waals surface area contributed by atoms with Gasteiger partial charge in [0.25, 0.3) is 0 Å². The smallest absolute Gasteiger partial charge is 0.228 e. The molecule has 0 saturated carbocycles. The first-order valence-corrected chi connectivity index (χ1v) is 6.39. The number of rotatable bonds is 3. The molecule has 0 radical (unpaired) electrons. The summed E-state index contributed by atoms with van der Waals surface area (Å²) in [5.74, 6) is -0.353. The molecular weight excluding hydrogens is 338 g/mol. The first kappa shape index (κ1) is 13.7. The monoisotopic (exact) mass is 352 g/mol. The lowest BCUT2D eigenvalue weighted by molar-refractivity contribution is -0.119. The normalized spacial score (nSPS) is 14.3. The molecule has 88 valence electrons. The summed E-state index contributed by atoms with van der Waals surface area (Å²) in [5, 5.41) is 3.30. The van der Waals surface area contributed by atoms with Gasteiger partial charge in [-0.15, -0.1) is 0 Å². The molecule has 0 aliphatic rings. The van der Waals surface area contributed by atoms with Crippen molar-refractivity contribution < 1.29 is 4.79 Å². The third kappa shape index (κ3) is 3.61. The zero-order valence-electron chi connectivity index (χ0n) is 9.13. The molecule has 1 rings (SSSR count). The summed E-state index contributed by atoms with van der Waals surface area (Å²) in [4.78, 5) is 11.7. The lowest BCUT2D eigenvalue weighted by Crippen LogP contribution is -2.34. The molecule has 16 heavy (non-hydrogen) atoms. The van der Waals surface area contributed by atoms with Crippen LogP contribution in [0, 0.1) is 9.49 Å². The van der Waals surface area contributed by atoms with Crippen LogP contribution >= 0.6 is 34.2 Å². The summed E-state index contributed by atoms with van der Waals surface area (Å²) in [7, 11) is 0. The number of anilines is 1. The maximum atomic E-state index is 11.7. The Labute approximate surface area is 114 Å². The summed E-state index contributed by atoms with van der Waals surface area (Å²) in [6.45, 7) is 3.60. The quantitative estimate of drug-likeness (QED) is 0.822. The van der Waals surface area contributed by atoms with Crippen LogP contribution in [0.3, 0.4) is 0 Å². The van der Waals surface area contributed by atoms with Crippen molar-refractivity contribution in [3.05, 3.63) is 26.8 Å². The highest BCUT2D eigenvalue weighted by Crippen LogP contribution is 2.24. The first-order valence-electron chi connectivity index (χ1n) is 4.93. The van der Waals surface area contributed by atoms with Crippen molar-refractivity contribution in [2.24, 2.45) is 11.7 Å². The second-order valence-electron chi connectivity index (χ2n) is 3.76. The number of hydrogen-bond donors (Lipinski definition) is 2. The minimum atomic E-state index is -0.240. The summed E-state index contributed by atoms with van der Waals surface area (Å²) in [5.41, 5.74) is 6.28. The number of carbonyl (C=O) groups excluding carboxylic acids is 1. The molecule has 0 bridgehead atoms. The third-order valence-electron chi connectivity index (χ3n) is 2.39. The van der Waals surface area contributed by atoms with Crippen molar-refractivity contribution in [2.75, 3.05) is 5.32 Å². The van der Waals surface area contributed by atoms with Gasteiger partial charge in [0.05, 0.1) is 16.6 Å². The number of carbonyl (C=O) groups is 1. The fraction of sp³-hybridized carbons (Fsp3) is 0.364. The standard InChI is InChI=1S/C11H14ClIN2O/c1-6(7(2)14)11(16)15-10-4-3-8(13)5-9(10)12/h3-7H,14H2,1-2H3,(H,15,16). The largest absolute Gasteiger partial charge is 0.327 e. The molecule has 3 nitrogen and oxygen atoms in total. The number of amides is 1. The van der Waals surface area contributed by atoms with Crippen molar-refractivity contribution in [1.82, 2.24) is 0 Å². The minimum Gasteiger partial charge on any atom is -0.327 e. The molecule has 0 heterocycles. The van der Waals surface area contributed by atoms with Gasteiger partial charge in [0.1, 0.15) is 0 Å². The van der Waals surface area contributed by atoms with Crippen molar-refractivity contribution in [2.45, 2.75) is 19.9 Å². The lowest BCUT2D eigenvalue weighted by atomic mass is 10.0. The molecule has 1 amide bonds. The highest BCUT2D eigenvalue weighted by molar-refractivity contribution is 14.1. The van der Waals surface area contributed by atoms with E-state index in [1.54, 1.807) is 26.0 Å². The second-order valence-corrected chi connectivity index (χ2v) is 5.41. The van der Waals surface area contributed by atoms with Crippen molar-refractivity contribution in [3.8, 4) is 0 Å². The maximum absolute atomic E-state index is 11.7. The molecule has 1 aromatic rings. The van der Waals surface area contributed by atoms with Gasteiger partial charge < -0.3 is 11.1 Å². The minimum absolute atomic E-state index is 0.113. The lowest BCUT2D eigenvalue weighted by Gasteiger charge is -2.16. The number of nitrogens with one attached hydrogen (secondary N) is 1. The van der Waals surface area contributed by atoms with Crippen LogP contribution in [0.2, 0.25) is 5.02 Å². The van der Waals surface area contributed by atoms with Crippen LogP contribution in [-0.2, 0) is 4.79 Å². The number of hydrogen-bond acceptors (Lipinski definition) is 2. The Hall–Kier alpha value is -0.330. The van der Waals surface area contributed by atoms with Gasteiger partial charge in [0.15, 0.2) is 0 Å². The van der Waals surface area contributed by atoms with Gasteiger partial charge >= 0.3 is 0 Å². The summed E-state index contributed by atoms with van der Waals surface area (Å²) in [6, 6.07) is 5.30. The van der Waals surface area contributed by atoms with Gasteiger partial charge in [-0.1, -0.05) is 18.5 Å². The number of halogens is 2. The average Bonchev–Trinajstić information content (AvgIpc) is 2.20. The van der Waals surface area contributed by atoms with Crippen molar-refractivity contribution >= 4 is 45.8 Å². The molecule has 2 unspecified atom stereocenters. The molecular formula is C11H14ClIN2O. The fourth-order valence-electron chi connectivity index (χ4n) is 1.08. The van der Waals surface area contributed by atoms with Crippen LogP contribution in [-0.4, -0.2) is 11.9 Å². The SMILES string of the molecule is CC(N)C(C)C(=O)Nc1ccc(I)cc1Cl. The van der Waals surface area contributed by atoms with Gasteiger partial charge in [0, 0.05) is 9.61 Å². The van der Waals surface area contributed by atoms with Crippen LogP contribution < -0.4 is 11.1 Å². The highest BCUT2D eigenvalue weighted by Gasteiger charge is 2.17. The van der Waals surface area contributed by atoms with Gasteiger partial charge in [0.2, 0.25) is 5.91 Å². The van der Waals surface area contributed by atoms with E-state index < -0.39 is 0 Å². The predicted molar refractivity (Wildman–Crippen MR) is 75.6 cm³/mol. The molecule has 0 fully saturated rings. The number of benzene rings is 1. The highest BCUT2D eigenvalue weighted by atomic mass is 127. The predicted octanol–water partition coefficient (Wildman–Crippen LogP) is 2.87. The first-order chi connectivity index (χ1) is 7.41. The Balaban J connectivity index is 2.77. The third-order valence-corrected chi connectivity index (χ3v) is 3.37. The van der Waals surface area contributed by atoms with Crippen LogP contribution in [0.5, 0.6) is 0 Å². The molecule has 0 aromatic heterocycles. The van der Waals surface area contributed by atoms with E-state index >= 15 is 0 Å². The Morgan fingerprint density at radius 1 is 1.50 bits per heavy atom. The molecule has 2 atom stereocenters. The molecule has 0 saturated heterocycles. The van der Waals surface area contributed by atoms with Gasteiger partial charge in [-0.25, -0.2) is 0 Å². The van der Waals surface area contributed by atoms with E-state index in [1.165, 1.54) is 0 Å². The molecule has 5 heteroatoms. The van der Waals surface area contributed by atoms with E-state index in [9.17, 15) is 4.79 Å². The van der Waals surface area contributed by atoms with Crippen LogP contribution in [0.4, 0.5) is 5.69 Å². The Kier molecular flexibility index (Phi) is 5.01. The van der Waals surface area contributed by atoms with E-state index in [0.29, 0.717) is 10.7 Å². The summed E-state index contributed by atoms with van der Waals surface area (Å²) >= 11 is 8.17. The Morgan fingerprint density at radius 2 is 2.12 bits per heavy atom. The van der Waals surface area contributed by atoms with Crippen LogP contribution in [0.1, 0.15) is 13.8 Å². The van der Waals surface area contributed by atoms with Crippen molar-refractivity contribution in [1.29, 1.82) is 0 Å². The fourth-order valence-corrected chi connectivity index (χ4v) is 1.98. The molecule has 3 N–H and O–H groups in total. The van der Waals surface area contributed by atoms with E-state index in [1.807, 2.05) is 6.07 Å². The molecule has 0 aliphatic heterocycles. The van der Waals surface area contributed by atoms with E-state index in [4.69, 9.17) is 17.3 Å². The van der Waals surface area contributed by atoms with E-state index in [-0.39, 0.29) is 17.9 Å². The number of nitrogens with two attached hydrogens (primary N) is 1. The summed E-state index contributed by atoms with van der Waals surface area (Å²) < 4.78 is 1.03. The van der Waals surface area contributed by atoms with Crippen LogP contribution in [0.15, 0.2) is 18.2 Å².